The summed E-state index contributed by atoms with van der Waals surface area (Å²) in [4.78, 5) is 15.9. The van der Waals surface area contributed by atoms with E-state index in [1.165, 1.54) is 11.3 Å². The first-order chi connectivity index (χ1) is 7.25. The van der Waals surface area contributed by atoms with Crippen molar-refractivity contribution in [3.8, 4) is 0 Å². The number of carbonyl (C=O) groups is 1. The molecule has 1 aliphatic heterocycles. The third-order valence-corrected chi connectivity index (χ3v) is 3.49. The number of nitrogens with one attached hydrogen (secondary N) is 1. The zero-order chi connectivity index (χ0) is 10.4. The maximum Gasteiger partial charge on any atom is 0.253 e. The Labute approximate surface area is 90.1 Å². The Hall–Kier alpha value is -1.62. The molecule has 0 atom stereocenters. The van der Waals surface area contributed by atoms with Crippen LogP contribution in [0.1, 0.15) is 15.9 Å². The summed E-state index contributed by atoms with van der Waals surface area (Å²) in [5.74, 6) is -0.00880. The molecule has 76 valence electrons. The van der Waals surface area contributed by atoms with Gasteiger partial charge in [-0.3, -0.25) is 4.79 Å². The van der Waals surface area contributed by atoms with E-state index in [0.717, 1.165) is 27.8 Å². The van der Waals surface area contributed by atoms with Gasteiger partial charge in [-0.25, -0.2) is 4.98 Å². The molecule has 1 amide bonds. The van der Waals surface area contributed by atoms with Crippen molar-refractivity contribution >= 4 is 32.6 Å². The van der Waals surface area contributed by atoms with Gasteiger partial charge in [-0.15, -0.1) is 0 Å². The predicted molar refractivity (Wildman–Crippen MR) is 60.1 cm³/mol. The Morgan fingerprint density at radius 1 is 1.47 bits per heavy atom. The van der Waals surface area contributed by atoms with Crippen molar-refractivity contribution < 1.29 is 4.79 Å². The van der Waals surface area contributed by atoms with E-state index < -0.39 is 0 Å². The molecule has 2 heterocycles. The van der Waals surface area contributed by atoms with Crippen LogP contribution in [0.2, 0.25) is 0 Å². The lowest BCUT2D eigenvalue weighted by Gasteiger charge is -2.16. The molecule has 2 aromatic rings. The Balaban J connectivity index is 2.39. The number of carbonyl (C=O) groups excluding carboxylic acids is 1. The molecule has 0 bridgehead atoms. The molecule has 1 aliphatic rings. The van der Waals surface area contributed by atoms with E-state index in [4.69, 9.17) is 5.73 Å². The molecule has 1 aromatic carbocycles. The molecular formula is C10H9N3OS. The van der Waals surface area contributed by atoms with Crippen LogP contribution in [-0.4, -0.2) is 17.4 Å². The zero-order valence-corrected chi connectivity index (χ0v) is 8.73. The second kappa shape index (κ2) is 2.93. The molecule has 0 saturated heterocycles. The lowest BCUT2D eigenvalue weighted by Crippen LogP contribution is -2.31. The number of nitrogen functional groups attached to an aromatic ring is 1. The molecular weight excluding hydrogens is 210 g/mol. The molecule has 3 N–H and O–H groups in total. The Morgan fingerprint density at radius 2 is 2.33 bits per heavy atom. The second-order valence-electron chi connectivity index (χ2n) is 3.51. The highest BCUT2D eigenvalue weighted by atomic mass is 32.1. The summed E-state index contributed by atoms with van der Waals surface area (Å²) in [7, 11) is 0. The van der Waals surface area contributed by atoms with E-state index in [9.17, 15) is 4.79 Å². The van der Waals surface area contributed by atoms with Crippen molar-refractivity contribution in [2.75, 3.05) is 12.3 Å². The number of fused-ring (bicyclic) bond motifs is 3. The van der Waals surface area contributed by atoms with E-state index in [0.29, 0.717) is 11.7 Å². The quantitative estimate of drug-likeness (QED) is 0.698. The molecule has 3 rings (SSSR count). The van der Waals surface area contributed by atoms with Crippen LogP contribution >= 0.6 is 11.3 Å². The number of anilines is 1. The second-order valence-corrected chi connectivity index (χ2v) is 4.54. The number of aromatic nitrogens is 1. The molecule has 5 heteroatoms. The average Bonchev–Trinajstić information content (AvgIpc) is 2.58. The first kappa shape index (κ1) is 8.67. The van der Waals surface area contributed by atoms with Crippen LogP contribution in [-0.2, 0) is 6.42 Å². The molecule has 1 aromatic heterocycles. The highest BCUT2D eigenvalue weighted by molar-refractivity contribution is 7.22. The smallest absolute Gasteiger partial charge is 0.253 e. The molecule has 4 nitrogen and oxygen atoms in total. The molecule has 15 heavy (non-hydrogen) atoms. The minimum atomic E-state index is -0.00880. The molecule has 0 saturated carbocycles. The topological polar surface area (TPSA) is 68.0 Å². The Morgan fingerprint density at radius 3 is 3.20 bits per heavy atom. The summed E-state index contributed by atoms with van der Waals surface area (Å²) >= 11 is 1.38. The number of hydrogen-bond acceptors (Lipinski definition) is 4. The zero-order valence-electron chi connectivity index (χ0n) is 7.91. The number of benzene rings is 1. The van der Waals surface area contributed by atoms with Gasteiger partial charge >= 0.3 is 0 Å². The summed E-state index contributed by atoms with van der Waals surface area (Å²) < 4.78 is 0.905. The average molecular weight is 219 g/mol. The van der Waals surface area contributed by atoms with Crippen LogP contribution in [0, 0.1) is 0 Å². The van der Waals surface area contributed by atoms with Crippen LogP contribution in [0.15, 0.2) is 12.1 Å². The van der Waals surface area contributed by atoms with Crippen LogP contribution in [0.25, 0.3) is 10.2 Å². The predicted octanol–water partition coefficient (Wildman–Crippen LogP) is 1.16. The van der Waals surface area contributed by atoms with E-state index in [1.807, 2.05) is 12.1 Å². The van der Waals surface area contributed by atoms with Crippen molar-refractivity contribution in [3.05, 3.63) is 23.3 Å². The first-order valence-corrected chi connectivity index (χ1v) is 5.53. The number of nitrogens with zero attached hydrogens (tertiary/aromatic N) is 1. The van der Waals surface area contributed by atoms with Crippen LogP contribution in [0.3, 0.4) is 0 Å². The largest absolute Gasteiger partial charge is 0.375 e. The minimum Gasteiger partial charge on any atom is -0.375 e. The molecule has 0 unspecified atom stereocenters. The van der Waals surface area contributed by atoms with Crippen molar-refractivity contribution in [2.45, 2.75) is 6.42 Å². The number of hydrogen-bond donors (Lipinski definition) is 2. The van der Waals surface area contributed by atoms with Gasteiger partial charge in [0.2, 0.25) is 0 Å². The van der Waals surface area contributed by atoms with Gasteiger partial charge in [0.15, 0.2) is 5.13 Å². The SMILES string of the molecule is Nc1nc2ccc3c(c2s1)C(=O)NCC3. The van der Waals surface area contributed by atoms with Gasteiger partial charge in [-0.1, -0.05) is 17.4 Å². The first-order valence-electron chi connectivity index (χ1n) is 4.72. The normalized spacial score (nSPS) is 15.1. The van der Waals surface area contributed by atoms with E-state index in [2.05, 4.69) is 10.3 Å². The van der Waals surface area contributed by atoms with Gasteiger partial charge < -0.3 is 11.1 Å². The standard InChI is InChI=1S/C10H9N3OS/c11-10-13-6-2-1-5-3-4-12-9(14)7(5)8(6)15-10/h1-2H,3-4H2,(H2,11,13)(H,12,14). The lowest BCUT2D eigenvalue weighted by molar-refractivity contribution is 0.0948. The van der Waals surface area contributed by atoms with Gasteiger partial charge in [-0.05, 0) is 18.1 Å². The third-order valence-electron chi connectivity index (χ3n) is 2.57. The fourth-order valence-electron chi connectivity index (χ4n) is 1.91. The van der Waals surface area contributed by atoms with E-state index >= 15 is 0 Å². The summed E-state index contributed by atoms with van der Waals surface area (Å²) in [6, 6.07) is 3.90. The van der Waals surface area contributed by atoms with Gasteiger partial charge in [-0.2, -0.15) is 0 Å². The van der Waals surface area contributed by atoms with Gasteiger partial charge in [0.05, 0.1) is 15.8 Å². The highest BCUT2D eigenvalue weighted by Gasteiger charge is 2.21. The van der Waals surface area contributed by atoms with E-state index in [1.54, 1.807) is 0 Å². The summed E-state index contributed by atoms with van der Waals surface area (Å²) in [5, 5.41) is 3.35. The summed E-state index contributed by atoms with van der Waals surface area (Å²) in [5.41, 5.74) is 8.31. The van der Waals surface area contributed by atoms with Gasteiger partial charge in [0.1, 0.15) is 0 Å². The van der Waals surface area contributed by atoms with Crippen molar-refractivity contribution in [1.29, 1.82) is 0 Å². The number of amides is 1. The Bertz CT molecular complexity index is 561. The summed E-state index contributed by atoms with van der Waals surface area (Å²) in [6.45, 7) is 0.714. The maximum atomic E-state index is 11.7. The fourth-order valence-corrected chi connectivity index (χ4v) is 2.80. The molecule has 0 spiro atoms. The van der Waals surface area contributed by atoms with Crippen molar-refractivity contribution in [2.24, 2.45) is 0 Å². The number of thiazole rings is 1. The fraction of sp³-hybridized carbons (Fsp3) is 0.200. The maximum absolute atomic E-state index is 11.7. The monoisotopic (exact) mass is 219 g/mol. The van der Waals surface area contributed by atoms with Crippen LogP contribution in [0.5, 0.6) is 0 Å². The third kappa shape index (κ3) is 1.20. The minimum absolute atomic E-state index is 0.00880. The molecule has 0 aliphatic carbocycles. The highest BCUT2D eigenvalue weighted by Crippen LogP contribution is 2.30. The van der Waals surface area contributed by atoms with Crippen LogP contribution in [0.4, 0.5) is 5.13 Å². The van der Waals surface area contributed by atoms with Crippen molar-refractivity contribution in [3.63, 3.8) is 0 Å². The summed E-state index contributed by atoms with van der Waals surface area (Å²) in [6.07, 6.45) is 0.884. The molecule has 0 fully saturated rings. The number of rotatable bonds is 0. The Kier molecular flexibility index (Phi) is 1.70. The van der Waals surface area contributed by atoms with Crippen molar-refractivity contribution in [1.82, 2.24) is 10.3 Å². The van der Waals surface area contributed by atoms with Crippen LogP contribution < -0.4 is 11.1 Å². The number of nitrogens with two attached hydrogens (primary N) is 1. The van der Waals surface area contributed by atoms with E-state index in [-0.39, 0.29) is 5.91 Å². The van der Waals surface area contributed by atoms with Gasteiger partial charge in [0.25, 0.3) is 5.91 Å². The molecule has 0 radical (unpaired) electrons. The van der Waals surface area contributed by atoms with Gasteiger partial charge in [0, 0.05) is 6.54 Å². The lowest BCUT2D eigenvalue weighted by atomic mass is 10.0.